The third-order valence-electron chi connectivity index (χ3n) is 5.23. The summed E-state index contributed by atoms with van der Waals surface area (Å²) in [4.78, 5) is 0. The fourth-order valence-electron chi connectivity index (χ4n) is 3.68. The second kappa shape index (κ2) is 7.50. The van der Waals surface area contributed by atoms with E-state index in [-0.39, 0.29) is 0 Å². The lowest BCUT2D eigenvalue weighted by atomic mass is 9.88. The van der Waals surface area contributed by atoms with Crippen LogP contribution in [-0.2, 0) is 0 Å². The minimum Gasteiger partial charge on any atom is -0.0828 e. The van der Waals surface area contributed by atoms with Crippen LogP contribution in [-0.4, -0.2) is 0 Å². The van der Waals surface area contributed by atoms with Crippen LogP contribution in [0.25, 0.3) is 0 Å². The quantitative estimate of drug-likeness (QED) is 0.411. The summed E-state index contributed by atoms with van der Waals surface area (Å²) < 4.78 is 0. The fraction of sp³-hybridized carbons (Fsp3) is 0.895. The van der Waals surface area contributed by atoms with Gasteiger partial charge in [-0.2, -0.15) is 0 Å². The summed E-state index contributed by atoms with van der Waals surface area (Å²) in [5, 5.41) is 0. The summed E-state index contributed by atoms with van der Waals surface area (Å²) in [5.74, 6) is 2.69. The van der Waals surface area contributed by atoms with Gasteiger partial charge in [-0.3, -0.25) is 0 Å². The molecule has 1 fully saturated rings. The molecule has 0 aromatic rings. The highest BCUT2D eigenvalue weighted by Gasteiger charge is 2.49. The van der Waals surface area contributed by atoms with Gasteiger partial charge in [-0.05, 0) is 55.8 Å². The molecule has 4 unspecified atom stereocenters. The van der Waals surface area contributed by atoms with Crippen LogP contribution in [0, 0.1) is 23.2 Å². The van der Waals surface area contributed by atoms with Gasteiger partial charge in [-0.1, -0.05) is 65.5 Å². The minimum atomic E-state index is 0.686. The molecule has 0 nitrogen and oxygen atoms in total. The number of rotatable bonds is 9. The lowest BCUT2D eigenvalue weighted by Crippen LogP contribution is -2.06. The third-order valence-corrected chi connectivity index (χ3v) is 5.23. The normalized spacial score (nSPS) is 30.2. The summed E-state index contributed by atoms with van der Waals surface area (Å²) >= 11 is 0. The monoisotopic (exact) mass is 264 g/mol. The minimum absolute atomic E-state index is 0.686. The molecule has 19 heavy (non-hydrogen) atoms. The van der Waals surface area contributed by atoms with E-state index < -0.39 is 0 Å². The first-order valence-electron chi connectivity index (χ1n) is 8.58. The van der Waals surface area contributed by atoms with E-state index >= 15 is 0 Å². The Kier molecular flexibility index (Phi) is 6.63. The van der Waals surface area contributed by atoms with Crippen molar-refractivity contribution in [2.75, 3.05) is 0 Å². The molecule has 0 radical (unpaired) electrons. The van der Waals surface area contributed by atoms with E-state index in [2.05, 4.69) is 47.6 Å². The second-order valence-corrected chi connectivity index (χ2v) is 7.59. The van der Waals surface area contributed by atoms with Crippen molar-refractivity contribution in [2.24, 2.45) is 23.2 Å². The maximum absolute atomic E-state index is 2.53. The Bertz CT molecular complexity index is 288. The van der Waals surface area contributed by atoms with Crippen molar-refractivity contribution in [1.29, 1.82) is 0 Å². The molecular formula is C19H36. The molecule has 0 aromatic heterocycles. The zero-order valence-electron chi connectivity index (χ0n) is 14.3. The smallest absolute Gasteiger partial charge is 0.0262 e. The van der Waals surface area contributed by atoms with Crippen molar-refractivity contribution < 1.29 is 0 Å². The highest BCUT2D eigenvalue weighted by Crippen LogP contribution is 2.58. The van der Waals surface area contributed by atoms with Crippen LogP contribution in [0.15, 0.2) is 11.6 Å². The van der Waals surface area contributed by atoms with Gasteiger partial charge in [0.1, 0.15) is 0 Å². The van der Waals surface area contributed by atoms with Gasteiger partial charge in [-0.25, -0.2) is 0 Å². The molecule has 0 aromatic carbocycles. The lowest BCUT2D eigenvalue weighted by Gasteiger charge is -2.17. The standard InChI is InChI=1S/C19H36/c1-7-9-17(5)13-19(6)14-18(19)11-10-16(4)12-15(3)8-2/h12,15,17-18H,7-11,13-14H2,1-6H3. The molecule has 4 atom stereocenters. The van der Waals surface area contributed by atoms with Gasteiger partial charge in [-0.15, -0.1) is 0 Å². The Morgan fingerprint density at radius 2 is 2.00 bits per heavy atom. The van der Waals surface area contributed by atoms with Gasteiger partial charge in [0.25, 0.3) is 0 Å². The molecule has 112 valence electrons. The fourth-order valence-corrected chi connectivity index (χ4v) is 3.68. The van der Waals surface area contributed by atoms with E-state index in [0.717, 1.165) is 17.8 Å². The van der Waals surface area contributed by atoms with Crippen molar-refractivity contribution in [1.82, 2.24) is 0 Å². The van der Waals surface area contributed by atoms with Crippen molar-refractivity contribution in [2.45, 2.75) is 86.5 Å². The SMILES string of the molecule is CCCC(C)CC1(C)CC1CCC(C)=CC(C)CC. The van der Waals surface area contributed by atoms with Gasteiger partial charge in [0.2, 0.25) is 0 Å². The van der Waals surface area contributed by atoms with Gasteiger partial charge < -0.3 is 0 Å². The van der Waals surface area contributed by atoms with Crippen LogP contribution in [0.2, 0.25) is 0 Å². The van der Waals surface area contributed by atoms with Crippen molar-refractivity contribution in [3.63, 3.8) is 0 Å². The van der Waals surface area contributed by atoms with Crippen LogP contribution in [0.5, 0.6) is 0 Å². The second-order valence-electron chi connectivity index (χ2n) is 7.59. The van der Waals surface area contributed by atoms with E-state index in [0.29, 0.717) is 5.41 Å². The Labute approximate surface area is 122 Å². The first-order chi connectivity index (χ1) is 8.91. The molecule has 0 saturated heterocycles. The average Bonchev–Trinajstić information content (AvgIpc) is 2.97. The van der Waals surface area contributed by atoms with E-state index in [4.69, 9.17) is 0 Å². The van der Waals surface area contributed by atoms with Crippen LogP contribution in [0.3, 0.4) is 0 Å². The van der Waals surface area contributed by atoms with E-state index in [1.807, 2.05) is 0 Å². The third kappa shape index (κ3) is 5.71. The molecule has 0 amide bonds. The molecule has 0 aliphatic heterocycles. The molecule has 1 saturated carbocycles. The Hall–Kier alpha value is -0.260. The summed E-state index contributed by atoms with van der Waals surface area (Å²) in [5.41, 5.74) is 2.30. The zero-order valence-corrected chi connectivity index (χ0v) is 14.3. The number of allylic oxidation sites excluding steroid dienone is 2. The van der Waals surface area contributed by atoms with Crippen LogP contribution in [0.1, 0.15) is 86.5 Å². The predicted octanol–water partition coefficient (Wildman–Crippen LogP) is 6.61. The molecule has 0 N–H and O–H groups in total. The molecule has 0 bridgehead atoms. The Morgan fingerprint density at radius 1 is 1.32 bits per heavy atom. The highest BCUT2D eigenvalue weighted by atomic mass is 14.5. The van der Waals surface area contributed by atoms with E-state index in [1.165, 1.54) is 44.9 Å². The van der Waals surface area contributed by atoms with Gasteiger partial charge in [0.05, 0.1) is 0 Å². The van der Waals surface area contributed by atoms with E-state index in [1.54, 1.807) is 5.57 Å². The summed E-state index contributed by atoms with van der Waals surface area (Å²) in [6.45, 7) is 14.2. The number of hydrogen-bond acceptors (Lipinski definition) is 0. The van der Waals surface area contributed by atoms with Gasteiger partial charge in [0.15, 0.2) is 0 Å². The average molecular weight is 264 g/mol. The first-order valence-corrected chi connectivity index (χ1v) is 8.58. The summed E-state index contributed by atoms with van der Waals surface area (Å²) in [7, 11) is 0. The van der Waals surface area contributed by atoms with Crippen molar-refractivity contribution in [3.05, 3.63) is 11.6 Å². The van der Waals surface area contributed by atoms with Crippen LogP contribution >= 0.6 is 0 Å². The lowest BCUT2D eigenvalue weighted by molar-refractivity contribution is 0.346. The number of hydrogen-bond donors (Lipinski definition) is 0. The van der Waals surface area contributed by atoms with Gasteiger partial charge >= 0.3 is 0 Å². The summed E-state index contributed by atoms with van der Waals surface area (Å²) in [6.07, 6.45) is 12.2. The Balaban J connectivity index is 2.28. The molecule has 0 heteroatoms. The molecule has 1 aliphatic carbocycles. The molecule has 0 heterocycles. The maximum Gasteiger partial charge on any atom is -0.0262 e. The van der Waals surface area contributed by atoms with Gasteiger partial charge in [0, 0.05) is 0 Å². The maximum atomic E-state index is 2.53. The van der Waals surface area contributed by atoms with E-state index in [9.17, 15) is 0 Å². The molecular weight excluding hydrogens is 228 g/mol. The predicted molar refractivity (Wildman–Crippen MR) is 87.3 cm³/mol. The largest absolute Gasteiger partial charge is 0.0828 e. The highest BCUT2D eigenvalue weighted by molar-refractivity contribution is 5.05. The summed E-state index contributed by atoms with van der Waals surface area (Å²) in [6, 6.07) is 0. The molecule has 1 aliphatic rings. The Morgan fingerprint density at radius 3 is 2.58 bits per heavy atom. The van der Waals surface area contributed by atoms with Crippen molar-refractivity contribution >= 4 is 0 Å². The molecule has 1 rings (SSSR count). The van der Waals surface area contributed by atoms with Crippen LogP contribution < -0.4 is 0 Å². The van der Waals surface area contributed by atoms with Crippen LogP contribution in [0.4, 0.5) is 0 Å². The molecule has 0 spiro atoms. The van der Waals surface area contributed by atoms with Crippen molar-refractivity contribution in [3.8, 4) is 0 Å². The topological polar surface area (TPSA) is 0 Å². The first kappa shape index (κ1) is 16.8. The zero-order chi connectivity index (χ0) is 14.5.